The molecule has 3 aromatic rings. The minimum Gasteiger partial charge on any atom is -0.332 e. The molecule has 0 saturated heterocycles. The highest BCUT2D eigenvalue weighted by molar-refractivity contribution is 6.30. The molecule has 0 bridgehead atoms. The number of anilines is 1. The van der Waals surface area contributed by atoms with E-state index in [9.17, 15) is 4.79 Å². The second kappa shape index (κ2) is 7.17. The average Bonchev–Trinajstić information content (AvgIpc) is 3.18. The minimum atomic E-state index is -0.299. The van der Waals surface area contributed by atoms with E-state index in [0.717, 1.165) is 18.4 Å². The maximum Gasteiger partial charge on any atom is 0.320 e. The van der Waals surface area contributed by atoms with Gasteiger partial charge < -0.3 is 9.88 Å². The first-order chi connectivity index (χ1) is 12.7. The molecule has 0 aliphatic heterocycles. The molecule has 1 aromatic carbocycles. The quantitative estimate of drug-likeness (QED) is 0.735. The SMILES string of the molecule is O=C(Nc1ccc(Cl)cn1)N[C@@H]1c2ccccc2CC[C@H]1n1ccnc1. The summed E-state index contributed by atoms with van der Waals surface area (Å²) in [7, 11) is 0. The van der Waals surface area contributed by atoms with Crippen LogP contribution < -0.4 is 10.6 Å². The highest BCUT2D eigenvalue weighted by Gasteiger charge is 2.31. The molecule has 1 aliphatic rings. The number of carbonyl (C=O) groups is 1. The van der Waals surface area contributed by atoms with E-state index in [-0.39, 0.29) is 18.1 Å². The Labute approximate surface area is 156 Å². The number of imidazole rings is 1. The molecule has 6 nitrogen and oxygen atoms in total. The second-order valence-electron chi connectivity index (χ2n) is 6.25. The Morgan fingerprint density at radius 1 is 1.23 bits per heavy atom. The van der Waals surface area contributed by atoms with Gasteiger partial charge in [-0.15, -0.1) is 0 Å². The summed E-state index contributed by atoms with van der Waals surface area (Å²) in [5.41, 5.74) is 2.40. The summed E-state index contributed by atoms with van der Waals surface area (Å²) in [6.07, 6.45) is 8.89. The number of carbonyl (C=O) groups excluding carboxylic acids is 1. The monoisotopic (exact) mass is 367 g/mol. The van der Waals surface area contributed by atoms with E-state index in [1.807, 2.05) is 18.3 Å². The minimum absolute atomic E-state index is 0.108. The molecule has 4 rings (SSSR count). The van der Waals surface area contributed by atoms with Crippen molar-refractivity contribution in [2.24, 2.45) is 0 Å². The van der Waals surface area contributed by atoms with E-state index in [4.69, 9.17) is 11.6 Å². The number of hydrogen-bond donors (Lipinski definition) is 2. The Balaban J connectivity index is 1.58. The summed E-state index contributed by atoms with van der Waals surface area (Å²) >= 11 is 5.84. The van der Waals surface area contributed by atoms with Gasteiger partial charge in [-0.1, -0.05) is 35.9 Å². The molecule has 2 heterocycles. The van der Waals surface area contributed by atoms with Gasteiger partial charge in [0.2, 0.25) is 0 Å². The van der Waals surface area contributed by atoms with Gasteiger partial charge >= 0.3 is 6.03 Å². The van der Waals surface area contributed by atoms with Gasteiger partial charge in [0.05, 0.1) is 23.4 Å². The third-order valence-corrected chi connectivity index (χ3v) is 4.87. The van der Waals surface area contributed by atoms with Crippen molar-refractivity contribution in [1.29, 1.82) is 0 Å². The second-order valence-corrected chi connectivity index (χ2v) is 6.69. The van der Waals surface area contributed by atoms with Crippen molar-refractivity contribution >= 4 is 23.4 Å². The van der Waals surface area contributed by atoms with Crippen LogP contribution in [0.5, 0.6) is 0 Å². The van der Waals surface area contributed by atoms with Crippen LogP contribution in [-0.2, 0) is 6.42 Å². The Morgan fingerprint density at radius 3 is 2.88 bits per heavy atom. The summed E-state index contributed by atoms with van der Waals surface area (Å²) in [5.74, 6) is 0.454. The first-order valence-electron chi connectivity index (χ1n) is 8.45. The predicted molar refractivity (Wildman–Crippen MR) is 100 cm³/mol. The Bertz CT molecular complexity index is 895. The van der Waals surface area contributed by atoms with Crippen molar-refractivity contribution in [3.05, 3.63) is 77.5 Å². The Hall–Kier alpha value is -2.86. The highest BCUT2D eigenvalue weighted by atomic mass is 35.5. The first-order valence-corrected chi connectivity index (χ1v) is 8.83. The lowest BCUT2D eigenvalue weighted by Gasteiger charge is -2.34. The van der Waals surface area contributed by atoms with Crippen molar-refractivity contribution in [3.8, 4) is 0 Å². The standard InChI is InChI=1S/C19H18ClN5O/c20-14-6-8-17(22-11-14)23-19(26)24-18-15-4-2-1-3-13(15)5-7-16(18)25-10-9-21-12-25/h1-4,6,8-12,16,18H,5,7H2,(H2,22,23,24,26)/t16-,18-/m1/s1. The number of benzene rings is 1. The molecule has 0 unspecified atom stereocenters. The normalized spacial score (nSPS) is 18.8. The van der Waals surface area contributed by atoms with Crippen molar-refractivity contribution < 1.29 is 4.79 Å². The number of nitrogens with zero attached hydrogens (tertiary/aromatic N) is 3. The number of nitrogens with one attached hydrogen (secondary N) is 2. The topological polar surface area (TPSA) is 71.8 Å². The fraction of sp³-hybridized carbons (Fsp3) is 0.211. The van der Waals surface area contributed by atoms with Gasteiger partial charge in [0.1, 0.15) is 5.82 Å². The van der Waals surface area contributed by atoms with Gasteiger partial charge in [0.15, 0.2) is 0 Å². The Morgan fingerprint density at radius 2 is 2.12 bits per heavy atom. The number of rotatable bonds is 3. The van der Waals surface area contributed by atoms with Crippen LogP contribution in [0.2, 0.25) is 5.02 Å². The number of fused-ring (bicyclic) bond motifs is 1. The summed E-state index contributed by atoms with van der Waals surface area (Å²) < 4.78 is 2.06. The fourth-order valence-corrected chi connectivity index (χ4v) is 3.56. The molecule has 0 radical (unpaired) electrons. The van der Waals surface area contributed by atoms with Crippen LogP contribution in [-0.4, -0.2) is 20.6 Å². The van der Waals surface area contributed by atoms with E-state index in [0.29, 0.717) is 10.8 Å². The molecule has 2 amide bonds. The predicted octanol–water partition coefficient (Wildman–Crippen LogP) is 3.98. The molecule has 0 spiro atoms. The van der Waals surface area contributed by atoms with E-state index in [2.05, 4.69) is 37.3 Å². The third-order valence-electron chi connectivity index (χ3n) is 4.65. The van der Waals surface area contributed by atoms with Crippen LogP contribution in [0, 0.1) is 0 Å². The van der Waals surface area contributed by atoms with Gasteiger partial charge in [-0.3, -0.25) is 5.32 Å². The average molecular weight is 368 g/mol. The summed E-state index contributed by atoms with van der Waals surface area (Å²) in [6, 6.07) is 11.2. The molecule has 132 valence electrons. The maximum absolute atomic E-state index is 12.6. The van der Waals surface area contributed by atoms with Gasteiger partial charge in [-0.25, -0.2) is 14.8 Å². The lowest BCUT2D eigenvalue weighted by atomic mass is 9.84. The van der Waals surface area contributed by atoms with Gasteiger partial charge in [-0.2, -0.15) is 0 Å². The molecule has 2 atom stereocenters. The zero-order valence-electron chi connectivity index (χ0n) is 14.0. The molecule has 2 aromatic heterocycles. The Kier molecular flexibility index (Phi) is 4.58. The number of pyridine rings is 1. The number of aromatic nitrogens is 3. The van der Waals surface area contributed by atoms with Crippen molar-refractivity contribution in [2.75, 3.05) is 5.32 Å². The van der Waals surface area contributed by atoms with Crippen LogP contribution in [0.15, 0.2) is 61.3 Å². The molecule has 26 heavy (non-hydrogen) atoms. The molecule has 0 saturated carbocycles. The maximum atomic E-state index is 12.6. The number of aryl methyl sites for hydroxylation is 1. The molecular weight excluding hydrogens is 350 g/mol. The van der Waals surface area contributed by atoms with Crippen molar-refractivity contribution in [2.45, 2.75) is 24.9 Å². The molecular formula is C19H18ClN5O. The van der Waals surface area contributed by atoms with Gasteiger partial charge in [0, 0.05) is 18.6 Å². The van der Waals surface area contributed by atoms with Crippen molar-refractivity contribution in [1.82, 2.24) is 19.9 Å². The zero-order valence-corrected chi connectivity index (χ0v) is 14.7. The first kappa shape index (κ1) is 16.6. The van der Waals surface area contributed by atoms with Crippen LogP contribution in [0.3, 0.4) is 0 Å². The van der Waals surface area contributed by atoms with Crippen LogP contribution in [0.25, 0.3) is 0 Å². The zero-order chi connectivity index (χ0) is 17.9. The lowest BCUT2D eigenvalue weighted by molar-refractivity contribution is 0.239. The molecule has 2 N–H and O–H groups in total. The highest BCUT2D eigenvalue weighted by Crippen LogP contribution is 2.37. The number of amides is 2. The van der Waals surface area contributed by atoms with Crippen LogP contribution in [0.4, 0.5) is 10.6 Å². The summed E-state index contributed by atoms with van der Waals surface area (Å²) in [6.45, 7) is 0. The van der Waals surface area contributed by atoms with Gasteiger partial charge in [-0.05, 0) is 36.1 Å². The van der Waals surface area contributed by atoms with E-state index in [1.165, 1.54) is 11.8 Å². The fourth-order valence-electron chi connectivity index (χ4n) is 3.45. The van der Waals surface area contributed by atoms with E-state index < -0.39 is 0 Å². The molecule has 1 aliphatic carbocycles. The van der Waals surface area contributed by atoms with Crippen LogP contribution >= 0.6 is 11.6 Å². The largest absolute Gasteiger partial charge is 0.332 e. The number of hydrogen-bond acceptors (Lipinski definition) is 3. The smallest absolute Gasteiger partial charge is 0.320 e. The lowest BCUT2D eigenvalue weighted by Crippen LogP contribution is -2.39. The van der Waals surface area contributed by atoms with Crippen molar-refractivity contribution in [3.63, 3.8) is 0 Å². The summed E-state index contributed by atoms with van der Waals surface area (Å²) in [5, 5.41) is 6.40. The number of halogens is 1. The summed E-state index contributed by atoms with van der Waals surface area (Å²) in [4.78, 5) is 20.8. The number of urea groups is 1. The molecule has 0 fully saturated rings. The van der Waals surface area contributed by atoms with Crippen LogP contribution in [0.1, 0.15) is 29.6 Å². The molecule has 7 heteroatoms. The van der Waals surface area contributed by atoms with E-state index in [1.54, 1.807) is 24.7 Å². The van der Waals surface area contributed by atoms with E-state index >= 15 is 0 Å². The van der Waals surface area contributed by atoms with Gasteiger partial charge in [0.25, 0.3) is 0 Å². The third kappa shape index (κ3) is 3.41.